The predicted molar refractivity (Wildman–Crippen MR) is 78.9 cm³/mol. The molecule has 20 heavy (non-hydrogen) atoms. The Morgan fingerprint density at radius 3 is 2.85 bits per heavy atom. The Hall–Kier alpha value is -1.81. The zero-order valence-electron chi connectivity index (χ0n) is 12.4. The molecule has 1 amide bonds. The standard InChI is InChI=1S/C16H21NO3/c1-10-5-6-14-13(9-20-16(14)12(10)3)7-15(18)17-11(2)8-19-4/h5-6,9,11H,7-8H2,1-4H3,(H,17,18)/t11-/m1/s1. The Labute approximate surface area is 119 Å². The third-order valence-electron chi connectivity index (χ3n) is 3.52. The Morgan fingerprint density at radius 2 is 2.15 bits per heavy atom. The summed E-state index contributed by atoms with van der Waals surface area (Å²) in [5, 5.41) is 3.92. The van der Waals surface area contributed by atoms with Gasteiger partial charge in [-0.25, -0.2) is 0 Å². The monoisotopic (exact) mass is 275 g/mol. The van der Waals surface area contributed by atoms with E-state index in [4.69, 9.17) is 9.15 Å². The topological polar surface area (TPSA) is 51.5 Å². The number of nitrogens with one attached hydrogen (secondary N) is 1. The number of carbonyl (C=O) groups excluding carboxylic acids is 1. The number of fused-ring (bicyclic) bond motifs is 1. The van der Waals surface area contributed by atoms with E-state index in [-0.39, 0.29) is 11.9 Å². The molecule has 1 atom stereocenters. The van der Waals surface area contributed by atoms with Crippen LogP contribution in [0, 0.1) is 13.8 Å². The van der Waals surface area contributed by atoms with Crippen molar-refractivity contribution in [3.05, 3.63) is 35.1 Å². The number of furan rings is 1. The molecule has 2 rings (SSSR count). The minimum absolute atomic E-state index is 0.00893. The van der Waals surface area contributed by atoms with Gasteiger partial charge in [0.15, 0.2) is 0 Å². The number of carbonyl (C=O) groups is 1. The van der Waals surface area contributed by atoms with Crippen molar-refractivity contribution < 1.29 is 13.9 Å². The third kappa shape index (κ3) is 3.02. The first-order valence-electron chi connectivity index (χ1n) is 6.77. The Morgan fingerprint density at radius 1 is 1.40 bits per heavy atom. The van der Waals surface area contributed by atoms with Crippen LogP contribution in [0.4, 0.5) is 0 Å². The van der Waals surface area contributed by atoms with E-state index in [1.807, 2.05) is 19.9 Å². The SMILES string of the molecule is COC[C@@H](C)NC(=O)Cc1coc2c(C)c(C)ccc12. The highest BCUT2D eigenvalue weighted by Crippen LogP contribution is 2.26. The van der Waals surface area contributed by atoms with Gasteiger partial charge >= 0.3 is 0 Å². The molecule has 4 heteroatoms. The quantitative estimate of drug-likeness (QED) is 0.913. The van der Waals surface area contributed by atoms with Gasteiger partial charge in [0, 0.05) is 24.1 Å². The van der Waals surface area contributed by atoms with Crippen LogP contribution in [0.5, 0.6) is 0 Å². The summed E-state index contributed by atoms with van der Waals surface area (Å²) in [5.74, 6) is -0.0181. The molecule has 0 radical (unpaired) electrons. The molecule has 0 saturated carbocycles. The zero-order chi connectivity index (χ0) is 14.7. The second-order valence-electron chi connectivity index (χ2n) is 5.25. The molecule has 108 valence electrons. The van der Waals surface area contributed by atoms with Crippen LogP contribution < -0.4 is 5.32 Å². The molecule has 1 aromatic heterocycles. The summed E-state index contributed by atoms with van der Waals surface area (Å²) in [4.78, 5) is 12.0. The number of aryl methyl sites for hydroxylation is 2. The molecule has 1 aromatic carbocycles. The van der Waals surface area contributed by atoms with Crippen LogP contribution in [-0.4, -0.2) is 25.7 Å². The molecule has 0 spiro atoms. The van der Waals surface area contributed by atoms with E-state index in [0.29, 0.717) is 13.0 Å². The molecule has 0 aliphatic rings. The van der Waals surface area contributed by atoms with Gasteiger partial charge in [-0.05, 0) is 31.9 Å². The van der Waals surface area contributed by atoms with Crippen LogP contribution in [-0.2, 0) is 16.0 Å². The molecule has 4 nitrogen and oxygen atoms in total. The molecular formula is C16H21NO3. The van der Waals surface area contributed by atoms with Gasteiger partial charge in [-0.2, -0.15) is 0 Å². The first-order chi connectivity index (χ1) is 9.52. The van der Waals surface area contributed by atoms with Crippen molar-refractivity contribution in [1.82, 2.24) is 5.32 Å². The fraction of sp³-hybridized carbons (Fsp3) is 0.438. The van der Waals surface area contributed by atoms with Gasteiger partial charge in [0.25, 0.3) is 0 Å². The Kier molecular flexibility index (Phi) is 4.45. The Balaban J connectivity index is 2.14. The second kappa shape index (κ2) is 6.09. The van der Waals surface area contributed by atoms with Gasteiger partial charge in [0.1, 0.15) is 5.58 Å². The van der Waals surface area contributed by atoms with E-state index in [1.165, 1.54) is 5.56 Å². The molecule has 0 bridgehead atoms. The van der Waals surface area contributed by atoms with Crippen LogP contribution in [0.3, 0.4) is 0 Å². The number of methoxy groups -OCH3 is 1. The molecular weight excluding hydrogens is 254 g/mol. The van der Waals surface area contributed by atoms with Crippen LogP contribution >= 0.6 is 0 Å². The maximum atomic E-state index is 12.0. The molecule has 2 aromatic rings. The first kappa shape index (κ1) is 14.6. The molecule has 0 aliphatic heterocycles. The van der Waals surface area contributed by atoms with Crippen molar-refractivity contribution in [2.24, 2.45) is 0 Å². The lowest BCUT2D eigenvalue weighted by atomic mass is 10.0. The van der Waals surface area contributed by atoms with E-state index in [1.54, 1.807) is 13.4 Å². The lowest BCUT2D eigenvalue weighted by Crippen LogP contribution is -2.36. The average molecular weight is 275 g/mol. The normalized spacial score (nSPS) is 12.6. The van der Waals surface area contributed by atoms with Crippen molar-refractivity contribution >= 4 is 16.9 Å². The largest absolute Gasteiger partial charge is 0.464 e. The minimum atomic E-state index is -0.0181. The summed E-state index contributed by atoms with van der Waals surface area (Å²) in [7, 11) is 1.62. The van der Waals surface area contributed by atoms with Crippen molar-refractivity contribution in [1.29, 1.82) is 0 Å². The van der Waals surface area contributed by atoms with Crippen molar-refractivity contribution in [3.8, 4) is 0 Å². The smallest absolute Gasteiger partial charge is 0.224 e. The number of rotatable bonds is 5. The summed E-state index contributed by atoms with van der Waals surface area (Å²) >= 11 is 0. The fourth-order valence-electron chi connectivity index (χ4n) is 2.32. The van der Waals surface area contributed by atoms with E-state index in [0.717, 1.165) is 22.1 Å². The molecule has 1 heterocycles. The maximum Gasteiger partial charge on any atom is 0.224 e. The number of benzene rings is 1. The van der Waals surface area contributed by atoms with Crippen LogP contribution in [0.15, 0.2) is 22.8 Å². The van der Waals surface area contributed by atoms with E-state index >= 15 is 0 Å². The molecule has 0 unspecified atom stereocenters. The average Bonchev–Trinajstić information content (AvgIpc) is 2.77. The van der Waals surface area contributed by atoms with Crippen LogP contribution in [0.25, 0.3) is 11.0 Å². The summed E-state index contributed by atoms with van der Waals surface area (Å²) < 4.78 is 10.6. The number of hydrogen-bond acceptors (Lipinski definition) is 3. The van der Waals surface area contributed by atoms with Gasteiger partial charge in [-0.3, -0.25) is 4.79 Å². The molecule has 1 N–H and O–H groups in total. The summed E-state index contributed by atoms with van der Waals surface area (Å²) in [6.07, 6.45) is 2.00. The summed E-state index contributed by atoms with van der Waals surface area (Å²) in [6, 6.07) is 4.08. The summed E-state index contributed by atoms with van der Waals surface area (Å²) in [5.41, 5.74) is 4.11. The van der Waals surface area contributed by atoms with Crippen molar-refractivity contribution in [3.63, 3.8) is 0 Å². The third-order valence-corrected chi connectivity index (χ3v) is 3.52. The lowest BCUT2D eigenvalue weighted by molar-refractivity contribution is -0.121. The van der Waals surface area contributed by atoms with Gasteiger partial charge < -0.3 is 14.5 Å². The highest BCUT2D eigenvalue weighted by Gasteiger charge is 2.14. The molecule has 0 saturated heterocycles. The van der Waals surface area contributed by atoms with Crippen LogP contribution in [0.1, 0.15) is 23.6 Å². The van der Waals surface area contributed by atoms with Crippen LogP contribution in [0.2, 0.25) is 0 Å². The highest BCUT2D eigenvalue weighted by atomic mass is 16.5. The van der Waals surface area contributed by atoms with Crippen molar-refractivity contribution in [2.75, 3.05) is 13.7 Å². The van der Waals surface area contributed by atoms with Gasteiger partial charge in [0.05, 0.1) is 19.3 Å². The summed E-state index contributed by atoms with van der Waals surface area (Å²) in [6.45, 7) is 6.51. The Bertz CT molecular complexity index is 615. The molecule has 0 fully saturated rings. The molecule has 0 aliphatic carbocycles. The number of ether oxygens (including phenoxy) is 1. The maximum absolute atomic E-state index is 12.0. The fourth-order valence-corrected chi connectivity index (χ4v) is 2.32. The first-order valence-corrected chi connectivity index (χ1v) is 6.77. The van der Waals surface area contributed by atoms with Crippen molar-refractivity contribution in [2.45, 2.75) is 33.2 Å². The highest BCUT2D eigenvalue weighted by molar-refractivity contribution is 5.89. The lowest BCUT2D eigenvalue weighted by Gasteiger charge is -2.12. The van der Waals surface area contributed by atoms with Gasteiger partial charge in [0.2, 0.25) is 5.91 Å². The van der Waals surface area contributed by atoms with E-state index in [9.17, 15) is 4.79 Å². The van der Waals surface area contributed by atoms with E-state index in [2.05, 4.69) is 18.3 Å². The van der Waals surface area contributed by atoms with E-state index < -0.39 is 0 Å². The minimum Gasteiger partial charge on any atom is -0.464 e. The number of amides is 1. The predicted octanol–water partition coefficient (Wildman–Crippen LogP) is 2.74. The second-order valence-corrected chi connectivity index (χ2v) is 5.25. The number of hydrogen-bond donors (Lipinski definition) is 1. The zero-order valence-corrected chi connectivity index (χ0v) is 12.4. The van der Waals surface area contributed by atoms with Gasteiger partial charge in [-0.1, -0.05) is 12.1 Å². The van der Waals surface area contributed by atoms with Gasteiger partial charge in [-0.15, -0.1) is 0 Å².